The van der Waals surface area contributed by atoms with E-state index in [-0.39, 0.29) is 6.04 Å². The van der Waals surface area contributed by atoms with Crippen molar-refractivity contribution >= 4 is 0 Å². The molecule has 3 heteroatoms. The van der Waals surface area contributed by atoms with E-state index in [0.29, 0.717) is 11.5 Å². The predicted molar refractivity (Wildman–Crippen MR) is 76.1 cm³/mol. The van der Waals surface area contributed by atoms with E-state index < -0.39 is 11.6 Å². The Hall–Kier alpha value is -0.960. The zero-order valence-corrected chi connectivity index (χ0v) is 12.2. The summed E-state index contributed by atoms with van der Waals surface area (Å²) in [5.41, 5.74) is 0.408. The second-order valence-corrected chi connectivity index (χ2v) is 5.19. The number of rotatable bonds is 8. The van der Waals surface area contributed by atoms with Crippen LogP contribution in [0, 0.1) is 17.6 Å². The van der Waals surface area contributed by atoms with Crippen LogP contribution >= 0.6 is 0 Å². The molecule has 1 rings (SSSR count). The van der Waals surface area contributed by atoms with Crippen LogP contribution in [0.2, 0.25) is 0 Å². The van der Waals surface area contributed by atoms with Crippen LogP contribution in [0.3, 0.4) is 0 Å². The number of hydrogen-bond donors (Lipinski definition) is 1. The maximum atomic E-state index is 13.6. The maximum absolute atomic E-state index is 13.6. The van der Waals surface area contributed by atoms with Gasteiger partial charge in [-0.05, 0) is 31.9 Å². The Morgan fingerprint density at radius 2 is 1.95 bits per heavy atom. The van der Waals surface area contributed by atoms with Gasteiger partial charge in [0.25, 0.3) is 0 Å². The summed E-state index contributed by atoms with van der Waals surface area (Å²) in [6, 6.07) is 4.19. The van der Waals surface area contributed by atoms with Crippen LogP contribution in [0.4, 0.5) is 8.78 Å². The van der Waals surface area contributed by atoms with Crippen molar-refractivity contribution in [1.29, 1.82) is 0 Å². The Morgan fingerprint density at radius 1 is 1.21 bits per heavy atom. The van der Waals surface area contributed by atoms with Gasteiger partial charge in [0, 0.05) is 11.6 Å². The Balaban J connectivity index is 2.54. The highest BCUT2D eigenvalue weighted by atomic mass is 19.2. The lowest BCUT2D eigenvalue weighted by atomic mass is 9.98. The van der Waals surface area contributed by atoms with Crippen LogP contribution in [0.25, 0.3) is 0 Å². The van der Waals surface area contributed by atoms with Gasteiger partial charge in [0.15, 0.2) is 11.6 Å². The molecule has 2 atom stereocenters. The summed E-state index contributed by atoms with van der Waals surface area (Å²) in [6.45, 7) is 7.10. The number of nitrogens with one attached hydrogen (secondary N) is 1. The van der Waals surface area contributed by atoms with Gasteiger partial charge in [-0.3, -0.25) is 0 Å². The monoisotopic (exact) mass is 269 g/mol. The van der Waals surface area contributed by atoms with E-state index in [1.165, 1.54) is 19.3 Å². The van der Waals surface area contributed by atoms with E-state index in [9.17, 15) is 8.78 Å². The Labute approximate surface area is 115 Å². The van der Waals surface area contributed by atoms with E-state index >= 15 is 0 Å². The molecule has 0 aliphatic rings. The van der Waals surface area contributed by atoms with Crippen molar-refractivity contribution in [3.8, 4) is 0 Å². The van der Waals surface area contributed by atoms with Gasteiger partial charge in [-0.25, -0.2) is 8.78 Å². The van der Waals surface area contributed by atoms with Gasteiger partial charge >= 0.3 is 0 Å². The molecule has 1 nitrogen and oxygen atoms in total. The molecule has 0 fully saturated rings. The molecule has 0 bridgehead atoms. The number of benzene rings is 1. The Kier molecular flexibility index (Phi) is 7.00. The normalized spacial score (nSPS) is 14.4. The van der Waals surface area contributed by atoms with Crippen molar-refractivity contribution in [3.05, 3.63) is 35.4 Å². The zero-order chi connectivity index (χ0) is 14.3. The van der Waals surface area contributed by atoms with Gasteiger partial charge < -0.3 is 5.32 Å². The minimum atomic E-state index is -0.774. The van der Waals surface area contributed by atoms with Crippen molar-refractivity contribution in [2.24, 2.45) is 5.92 Å². The minimum absolute atomic E-state index is 0.161. The highest BCUT2D eigenvalue weighted by Gasteiger charge is 2.15. The van der Waals surface area contributed by atoms with Crippen molar-refractivity contribution in [3.63, 3.8) is 0 Å². The molecular formula is C16H25F2N. The summed E-state index contributed by atoms with van der Waals surface area (Å²) < 4.78 is 26.8. The molecule has 0 aromatic heterocycles. The molecule has 0 amide bonds. The number of unbranched alkanes of at least 4 members (excludes halogenated alkanes) is 1. The van der Waals surface area contributed by atoms with Crippen molar-refractivity contribution in [2.75, 3.05) is 6.54 Å². The van der Waals surface area contributed by atoms with Crippen LogP contribution in [-0.4, -0.2) is 6.54 Å². The minimum Gasteiger partial charge on any atom is -0.310 e. The summed E-state index contributed by atoms with van der Waals surface area (Å²) in [5.74, 6) is -0.896. The zero-order valence-electron chi connectivity index (χ0n) is 12.2. The number of hydrogen-bond acceptors (Lipinski definition) is 1. The molecule has 0 aliphatic carbocycles. The first-order valence-electron chi connectivity index (χ1n) is 7.27. The SMILES string of the molecule is CCCCC(CC)CNC(C)c1cccc(F)c1F. The maximum Gasteiger partial charge on any atom is 0.163 e. The second-order valence-electron chi connectivity index (χ2n) is 5.19. The standard InChI is InChI=1S/C16H25F2N/c1-4-6-8-13(5-2)11-19-12(3)14-9-7-10-15(17)16(14)18/h7,9-10,12-13,19H,4-6,8,11H2,1-3H3. The van der Waals surface area contributed by atoms with Crippen molar-refractivity contribution < 1.29 is 8.78 Å². The second kappa shape index (κ2) is 8.26. The van der Waals surface area contributed by atoms with E-state index in [1.54, 1.807) is 12.1 Å². The lowest BCUT2D eigenvalue weighted by Gasteiger charge is -2.20. The first kappa shape index (κ1) is 16.1. The molecule has 2 unspecified atom stereocenters. The summed E-state index contributed by atoms with van der Waals surface area (Å²) >= 11 is 0. The molecule has 1 aromatic rings. The Morgan fingerprint density at radius 3 is 2.58 bits per heavy atom. The molecule has 19 heavy (non-hydrogen) atoms. The highest BCUT2D eigenvalue weighted by molar-refractivity contribution is 5.21. The van der Waals surface area contributed by atoms with E-state index in [1.807, 2.05) is 6.92 Å². The average molecular weight is 269 g/mol. The molecule has 0 spiro atoms. The van der Waals surface area contributed by atoms with E-state index in [4.69, 9.17) is 0 Å². The van der Waals surface area contributed by atoms with Crippen LogP contribution in [-0.2, 0) is 0 Å². The van der Waals surface area contributed by atoms with Gasteiger partial charge in [-0.2, -0.15) is 0 Å². The summed E-state index contributed by atoms with van der Waals surface area (Å²) in [5, 5.41) is 3.32. The lowest BCUT2D eigenvalue weighted by molar-refractivity contribution is 0.391. The molecule has 1 aromatic carbocycles. The largest absolute Gasteiger partial charge is 0.310 e. The molecule has 0 aliphatic heterocycles. The molecular weight excluding hydrogens is 244 g/mol. The topological polar surface area (TPSA) is 12.0 Å². The fraction of sp³-hybridized carbons (Fsp3) is 0.625. The molecule has 0 radical (unpaired) electrons. The molecule has 0 heterocycles. The third kappa shape index (κ3) is 4.90. The quantitative estimate of drug-likeness (QED) is 0.712. The number of halogens is 2. The molecule has 0 saturated carbocycles. The Bertz CT molecular complexity index is 379. The highest BCUT2D eigenvalue weighted by Crippen LogP contribution is 2.20. The average Bonchev–Trinajstić information content (AvgIpc) is 2.42. The van der Waals surface area contributed by atoms with Crippen molar-refractivity contribution in [1.82, 2.24) is 5.32 Å². The molecule has 1 N–H and O–H groups in total. The van der Waals surface area contributed by atoms with E-state index in [2.05, 4.69) is 19.2 Å². The van der Waals surface area contributed by atoms with Gasteiger partial charge in [0.1, 0.15) is 0 Å². The van der Waals surface area contributed by atoms with Crippen LogP contribution < -0.4 is 5.32 Å². The third-order valence-electron chi connectivity index (χ3n) is 3.70. The summed E-state index contributed by atoms with van der Waals surface area (Å²) in [7, 11) is 0. The summed E-state index contributed by atoms with van der Waals surface area (Å²) in [6.07, 6.45) is 4.73. The van der Waals surface area contributed by atoms with Gasteiger partial charge in [0.2, 0.25) is 0 Å². The van der Waals surface area contributed by atoms with Gasteiger partial charge in [-0.1, -0.05) is 45.2 Å². The van der Waals surface area contributed by atoms with E-state index in [0.717, 1.165) is 19.0 Å². The first-order chi connectivity index (χ1) is 9.10. The third-order valence-corrected chi connectivity index (χ3v) is 3.70. The molecule has 0 saturated heterocycles. The summed E-state index contributed by atoms with van der Waals surface area (Å²) in [4.78, 5) is 0. The van der Waals surface area contributed by atoms with Crippen molar-refractivity contribution in [2.45, 2.75) is 52.5 Å². The fourth-order valence-electron chi connectivity index (χ4n) is 2.25. The smallest absolute Gasteiger partial charge is 0.163 e. The van der Waals surface area contributed by atoms with Crippen LogP contribution in [0.1, 0.15) is 58.1 Å². The van der Waals surface area contributed by atoms with Crippen LogP contribution in [0.15, 0.2) is 18.2 Å². The van der Waals surface area contributed by atoms with Crippen LogP contribution in [0.5, 0.6) is 0 Å². The lowest BCUT2D eigenvalue weighted by Crippen LogP contribution is -2.26. The van der Waals surface area contributed by atoms with Gasteiger partial charge in [-0.15, -0.1) is 0 Å². The first-order valence-corrected chi connectivity index (χ1v) is 7.27. The molecule has 108 valence electrons. The fourth-order valence-corrected chi connectivity index (χ4v) is 2.25. The van der Waals surface area contributed by atoms with Gasteiger partial charge in [0.05, 0.1) is 0 Å². The predicted octanol–water partition coefficient (Wildman–Crippen LogP) is 4.83.